The van der Waals surface area contributed by atoms with E-state index in [9.17, 15) is 0 Å². The number of halogens is 1. The van der Waals surface area contributed by atoms with E-state index < -0.39 is 0 Å². The monoisotopic (exact) mass is 352 g/mol. The molecule has 0 atom stereocenters. The number of hydrogen-bond acceptors (Lipinski definition) is 2. The van der Waals surface area contributed by atoms with Crippen molar-refractivity contribution < 1.29 is 28.6 Å². The first-order valence-corrected chi connectivity index (χ1v) is 6.98. The Morgan fingerprint density at radius 1 is 1.31 bits per heavy atom. The standard InChI is InChI=1S/C12H20N2S.HI/c1-12(2)9-10(8-11(13-12)15-3)14-6-4-5-7-14;/h8H,4-7,9H2,1-3H3;1H. The third-order valence-electron chi connectivity index (χ3n) is 3.11. The molecule has 0 aromatic rings. The Morgan fingerprint density at radius 2 is 1.94 bits per heavy atom. The van der Waals surface area contributed by atoms with Gasteiger partial charge in [-0.05, 0) is 20.1 Å². The molecule has 1 fully saturated rings. The molecule has 1 saturated heterocycles. The molecule has 0 aromatic heterocycles. The van der Waals surface area contributed by atoms with Crippen LogP contribution in [-0.4, -0.2) is 35.2 Å². The summed E-state index contributed by atoms with van der Waals surface area (Å²) in [5, 5.41) is 4.89. The molecule has 0 aromatic carbocycles. The van der Waals surface area contributed by atoms with Crippen LogP contribution in [0, 0.1) is 0 Å². The van der Waals surface area contributed by atoms with Crippen molar-refractivity contribution in [2.45, 2.75) is 38.6 Å². The Hall–Kier alpha value is 0.290. The highest BCUT2D eigenvalue weighted by Gasteiger charge is 2.30. The van der Waals surface area contributed by atoms with Gasteiger partial charge in [0.15, 0.2) is 5.71 Å². The SMILES string of the molecule is CSC1=CC(=[N+]2CCCC2)CC(C)(C)N1.[I-]. The number of nitrogens with zero attached hydrogens (tertiary/aromatic N) is 1. The average molecular weight is 352 g/mol. The van der Waals surface area contributed by atoms with E-state index in [4.69, 9.17) is 0 Å². The highest BCUT2D eigenvalue weighted by atomic mass is 127. The minimum atomic E-state index is 0. The lowest BCUT2D eigenvalue weighted by Gasteiger charge is -2.31. The molecular formula is C12H21IN2S. The zero-order valence-corrected chi connectivity index (χ0v) is 13.3. The van der Waals surface area contributed by atoms with Crippen LogP contribution in [0.25, 0.3) is 0 Å². The summed E-state index contributed by atoms with van der Waals surface area (Å²) in [6, 6.07) is 0. The minimum Gasteiger partial charge on any atom is -1.00 e. The van der Waals surface area contributed by atoms with Crippen molar-refractivity contribution in [3.8, 4) is 0 Å². The van der Waals surface area contributed by atoms with Gasteiger partial charge in [0, 0.05) is 24.5 Å². The maximum absolute atomic E-state index is 3.57. The van der Waals surface area contributed by atoms with Gasteiger partial charge in [-0.3, -0.25) is 0 Å². The second kappa shape index (κ2) is 5.76. The molecule has 0 radical (unpaired) electrons. The Labute approximate surface area is 120 Å². The normalized spacial score (nSPS) is 23.6. The van der Waals surface area contributed by atoms with Gasteiger partial charge in [-0.1, -0.05) is 0 Å². The largest absolute Gasteiger partial charge is 1.00 e. The van der Waals surface area contributed by atoms with E-state index in [-0.39, 0.29) is 29.5 Å². The smallest absolute Gasteiger partial charge is 0.180 e. The summed E-state index contributed by atoms with van der Waals surface area (Å²) >= 11 is 1.81. The summed E-state index contributed by atoms with van der Waals surface area (Å²) in [7, 11) is 0. The van der Waals surface area contributed by atoms with Crippen molar-refractivity contribution in [2.24, 2.45) is 0 Å². The van der Waals surface area contributed by atoms with Gasteiger partial charge in [-0.2, -0.15) is 0 Å². The van der Waals surface area contributed by atoms with E-state index in [1.165, 1.54) is 36.7 Å². The molecular weight excluding hydrogens is 331 g/mol. The summed E-state index contributed by atoms with van der Waals surface area (Å²) in [5.74, 6) is 0. The topological polar surface area (TPSA) is 15.0 Å². The highest BCUT2D eigenvalue weighted by Crippen LogP contribution is 2.23. The third kappa shape index (κ3) is 3.39. The molecule has 0 saturated carbocycles. The first-order chi connectivity index (χ1) is 7.11. The van der Waals surface area contributed by atoms with Crippen LogP contribution in [0.3, 0.4) is 0 Å². The van der Waals surface area contributed by atoms with Crippen LogP contribution in [0.15, 0.2) is 11.1 Å². The molecule has 0 unspecified atom stereocenters. The molecule has 16 heavy (non-hydrogen) atoms. The number of allylic oxidation sites excluding steroid dienone is 1. The van der Waals surface area contributed by atoms with Crippen LogP contribution >= 0.6 is 11.8 Å². The van der Waals surface area contributed by atoms with Crippen LogP contribution in [0.1, 0.15) is 33.1 Å². The molecule has 2 rings (SSSR count). The predicted molar refractivity (Wildman–Crippen MR) is 67.7 cm³/mol. The number of thioether (sulfide) groups is 1. The van der Waals surface area contributed by atoms with Gasteiger partial charge in [0.1, 0.15) is 13.1 Å². The van der Waals surface area contributed by atoms with Gasteiger partial charge in [0.25, 0.3) is 0 Å². The summed E-state index contributed by atoms with van der Waals surface area (Å²) in [4.78, 5) is 0. The fourth-order valence-electron chi connectivity index (χ4n) is 2.39. The first kappa shape index (κ1) is 14.4. The Morgan fingerprint density at radius 3 is 2.50 bits per heavy atom. The summed E-state index contributed by atoms with van der Waals surface area (Å²) in [6.07, 6.45) is 8.35. The van der Waals surface area contributed by atoms with Crippen molar-refractivity contribution >= 4 is 17.5 Å². The van der Waals surface area contributed by atoms with Crippen molar-refractivity contribution in [1.82, 2.24) is 5.32 Å². The lowest BCUT2D eigenvalue weighted by molar-refractivity contribution is -0.506. The maximum Gasteiger partial charge on any atom is 0.180 e. The van der Waals surface area contributed by atoms with Gasteiger partial charge in [-0.25, -0.2) is 4.58 Å². The van der Waals surface area contributed by atoms with Crippen molar-refractivity contribution in [3.63, 3.8) is 0 Å². The molecule has 1 N–H and O–H groups in total. The first-order valence-electron chi connectivity index (χ1n) is 5.75. The van der Waals surface area contributed by atoms with Gasteiger partial charge in [-0.15, -0.1) is 11.8 Å². The summed E-state index contributed by atoms with van der Waals surface area (Å²) in [6.45, 7) is 7.08. The van der Waals surface area contributed by atoms with Gasteiger partial charge in [0.05, 0.1) is 11.4 Å². The maximum atomic E-state index is 3.57. The fraction of sp³-hybridized carbons (Fsp3) is 0.750. The molecule has 0 aliphatic carbocycles. The van der Waals surface area contributed by atoms with Gasteiger partial charge < -0.3 is 29.3 Å². The van der Waals surface area contributed by atoms with Crippen molar-refractivity contribution in [3.05, 3.63) is 11.1 Å². The second-order valence-corrected chi connectivity index (χ2v) is 5.93. The number of hydrogen-bond donors (Lipinski definition) is 1. The fourth-order valence-corrected chi connectivity index (χ4v) is 3.02. The summed E-state index contributed by atoms with van der Waals surface area (Å²) in [5.41, 5.74) is 1.74. The van der Waals surface area contributed by atoms with Crippen molar-refractivity contribution in [2.75, 3.05) is 19.3 Å². The van der Waals surface area contributed by atoms with E-state index in [1.54, 1.807) is 0 Å². The molecule has 0 amide bonds. The molecule has 0 bridgehead atoms. The molecule has 0 spiro atoms. The van der Waals surface area contributed by atoms with Crippen LogP contribution in [0.4, 0.5) is 0 Å². The zero-order chi connectivity index (χ0) is 10.9. The van der Waals surface area contributed by atoms with E-state index >= 15 is 0 Å². The predicted octanol–water partition coefficient (Wildman–Crippen LogP) is -0.786. The Balaban J connectivity index is 0.00000128. The van der Waals surface area contributed by atoms with Crippen LogP contribution < -0.4 is 29.3 Å². The van der Waals surface area contributed by atoms with E-state index in [1.807, 2.05) is 11.8 Å². The molecule has 2 heterocycles. The Kier molecular flexibility index (Phi) is 5.16. The quantitative estimate of drug-likeness (QED) is 0.492. The molecule has 92 valence electrons. The molecule has 2 nitrogen and oxygen atoms in total. The van der Waals surface area contributed by atoms with E-state index in [0.717, 1.165) is 6.42 Å². The number of nitrogens with one attached hydrogen (secondary N) is 1. The van der Waals surface area contributed by atoms with E-state index in [0.29, 0.717) is 0 Å². The van der Waals surface area contributed by atoms with Crippen molar-refractivity contribution in [1.29, 1.82) is 0 Å². The average Bonchev–Trinajstić information content (AvgIpc) is 2.68. The van der Waals surface area contributed by atoms with Gasteiger partial charge >= 0.3 is 0 Å². The van der Waals surface area contributed by atoms with E-state index in [2.05, 4.69) is 36.1 Å². The van der Waals surface area contributed by atoms with Crippen LogP contribution in [0.2, 0.25) is 0 Å². The molecule has 2 aliphatic heterocycles. The zero-order valence-electron chi connectivity index (χ0n) is 10.3. The second-order valence-electron chi connectivity index (χ2n) is 5.08. The minimum absolute atomic E-state index is 0. The molecule has 2 aliphatic rings. The van der Waals surface area contributed by atoms with Gasteiger partial charge in [0.2, 0.25) is 0 Å². The molecule has 4 heteroatoms. The third-order valence-corrected chi connectivity index (χ3v) is 3.77. The lowest BCUT2D eigenvalue weighted by Crippen LogP contribution is -3.00. The Bertz CT molecular complexity index is 313. The highest BCUT2D eigenvalue weighted by molar-refractivity contribution is 8.02. The van der Waals surface area contributed by atoms with Crippen LogP contribution in [-0.2, 0) is 0 Å². The summed E-state index contributed by atoms with van der Waals surface area (Å²) < 4.78 is 2.55. The van der Waals surface area contributed by atoms with Crippen LogP contribution in [0.5, 0.6) is 0 Å². The lowest BCUT2D eigenvalue weighted by atomic mass is 9.94. The number of rotatable bonds is 1.